The van der Waals surface area contributed by atoms with Crippen molar-refractivity contribution >= 4 is 11.7 Å². The summed E-state index contributed by atoms with van der Waals surface area (Å²) in [6.07, 6.45) is -3.22. The molecule has 0 spiro atoms. The predicted octanol–water partition coefficient (Wildman–Crippen LogP) is 2.66. The number of benzene rings is 1. The normalized spacial score (nSPS) is 12.5. The van der Waals surface area contributed by atoms with E-state index < -0.39 is 30.4 Å². The van der Waals surface area contributed by atoms with Gasteiger partial charge >= 0.3 is 12.2 Å². The van der Waals surface area contributed by atoms with Gasteiger partial charge < -0.3 is 15.7 Å². The van der Waals surface area contributed by atoms with Gasteiger partial charge in [-0.05, 0) is 24.6 Å². The molecule has 9 heteroatoms. The van der Waals surface area contributed by atoms with Crippen LogP contribution in [0.25, 0.3) is 0 Å². The van der Waals surface area contributed by atoms with Gasteiger partial charge in [0.2, 0.25) is 0 Å². The van der Waals surface area contributed by atoms with Crippen LogP contribution in [0.3, 0.4) is 0 Å². The molecule has 1 aromatic heterocycles. The molecule has 0 radical (unpaired) electrons. The lowest BCUT2D eigenvalue weighted by atomic mass is 10.0. The number of aliphatic hydroxyl groups excluding tert-OH is 1. The Kier molecular flexibility index (Phi) is 5.35. The average Bonchev–Trinajstić information content (AvgIpc) is 2.54. The number of urea groups is 1. The monoisotopic (exact) mass is 340 g/mol. The smallest absolute Gasteiger partial charge is 0.394 e. The minimum Gasteiger partial charge on any atom is -0.394 e. The number of halogens is 3. The van der Waals surface area contributed by atoms with Gasteiger partial charge in [-0.25, -0.2) is 4.79 Å². The van der Waals surface area contributed by atoms with Crippen LogP contribution in [-0.2, 0) is 6.18 Å². The third kappa shape index (κ3) is 4.19. The van der Waals surface area contributed by atoms with Crippen molar-refractivity contribution in [1.82, 2.24) is 15.5 Å². The Bertz CT molecular complexity index is 722. The fourth-order valence-corrected chi connectivity index (χ4v) is 2.13. The Morgan fingerprint density at radius 3 is 2.62 bits per heavy atom. The zero-order valence-corrected chi connectivity index (χ0v) is 12.6. The molecule has 1 aromatic carbocycles. The first-order valence-corrected chi connectivity index (χ1v) is 6.95. The van der Waals surface area contributed by atoms with Crippen LogP contribution in [0.2, 0.25) is 0 Å². The van der Waals surface area contributed by atoms with Crippen molar-refractivity contribution in [2.45, 2.75) is 19.1 Å². The fourth-order valence-electron chi connectivity index (χ4n) is 2.13. The summed E-state index contributed by atoms with van der Waals surface area (Å²) in [6, 6.07) is 4.29. The summed E-state index contributed by atoms with van der Waals surface area (Å²) in [5.74, 6) is 0. The first-order chi connectivity index (χ1) is 11.3. The Hall–Kier alpha value is -2.68. The molecule has 0 aliphatic carbocycles. The maximum atomic E-state index is 13.1. The minimum atomic E-state index is -4.59. The number of carbonyl (C=O) groups is 1. The summed E-state index contributed by atoms with van der Waals surface area (Å²) < 4.78 is 39.2. The fraction of sp³-hybridized carbons (Fsp3) is 0.267. The van der Waals surface area contributed by atoms with Crippen LogP contribution in [0.4, 0.5) is 23.7 Å². The first-order valence-electron chi connectivity index (χ1n) is 6.95. The number of hydrogen-bond acceptors (Lipinski definition) is 4. The second kappa shape index (κ2) is 7.26. The van der Waals surface area contributed by atoms with Crippen molar-refractivity contribution in [2.24, 2.45) is 0 Å². The molecule has 1 atom stereocenters. The Balaban J connectivity index is 2.19. The Morgan fingerprint density at radius 2 is 2.00 bits per heavy atom. The van der Waals surface area contributed by atoms with E-state index in [1.54, 1.807) is 6.92 Å². The molecule has 0 saturated heterocycles. The van der Waals surface area contributed by atoms with E-state index >= 15 is 0 Å². The second-order valence-corrected chi connectivity index (χ2v) is 4.95. The van der Waals surface area contributed by atoms with Crippen LogP contribution in [-0.4, -0.2) is 27.9 Å². The molecule has 2 aromatic rings. The van der Waals surface area contributed by atoms with E-state index in [-0.39, 0.29) is 5.56 Å². The highest BCUT2D eigenvalue weighted by Gasteiger charge is 2.35. The van der Waals surface area contributed by atoms with Crippen molar-refractivity contribution in [3.63, 3.8) is 0 Å². The number of hydrogen-bond donors (Lipinski definition) is 3. The molecule has 0 fully saturated rings. The molecule has 0 bridgehead atoms. The number of rotatable bonds is 4. The SMILES string of the molecule is Cc1nnccc1NC(=O)NC(CO)c1ccccc1C(F)(F)F. The third-order valence-electron chi connectivity index (χ3n) is 3.28. The van der Waals surface area contributed by atoms with Gasteiger partial charge in [-0.3, -0.25) is 0 Å². The van der Waals surface area contributed by atoms with E-state index in [2.05, 4.69) is 20.8 Å². The van der Waals surface area contributed by atoms with Crippen LogP contribution < -0.4 is 10.6 Å². The van der Waals surface area contributed by atoms with Crippen LogP contribution in [0, 0.1) is 6.92 Å². The Labute approximate surface area is 135 Å². The molecular weight excluding hydrogens is 325 g/mol. The molecule has 2 rings (SSSR count). The van der Waals surface area contributed by atoms with Gasteiger partial charge in [-0.2, -0.15) is 23.4 Å². The maximum absolute atomic E-state index is 13.1. The molecule has 6 nitrogen and oxygen atoms in total. The summed E-state index contributed by atoms with van der Waals surface area (Å²) in [5, 5.41) is 21.6. The molecule has 3 N–H and O–H groups in total. The van der Waals surface area contributed by atoms with E-state index in [0.29, 0.717) is 11.4 Å². The van der Waals surface area contributed by atoms with Gasteiger partial charge in [-0.15, -0.1) is 0 Å². The number of carbonyl (C=O) groups excluding carboxylic acids is 1. The average molecular weight is 340 g/mol. The van der Waals surface area contributed by atoms with Gasteiger partial charge in [0.05, 0.1) is 35.8 Å². The summed E-state index contributed by atoms with van der Waals surface area (Å²) in [5.41, 5.74) is -0.314. The topological polar surface area (TPSA) is 87.1 Å². The highest BCUT2D eigenvalue weighted by Crippen LogP contribution is 2.34. The standard InChI is InChI=1S/C15H15F3N4O2/c1-9-12(6-7-19-22-9)20-14(24)21-13(8-23)10-4-2-3-5-11(10)15(16,17)18/h2-7,13,23H,8H2,1H3,(H2,19,20,21,24). The number of alkyl halides is 3. The lowest BCUT2D eigenvalue weighted by molar-refractivity contribution is -0.138. The molecule has 128 valence electrons. The van der Waals surface area contributed by atoms with Crippen molar-refractivity contribution in [1.29, 1.82) is 0 Å². The highest BCUT2D eigenvalue weighted by atomic mass is 19.4. The van der Waals surface area contributed by atoms with Crippen LogP contribution >= 0.6 is 0 Å². The van der Waals surface area contributed by atoms with Crippen LogP contribution in [0.1, 0.15) is 22.9 Å². The van der Waals surface area contributed by atoms with Gasteiger partial charge in [0.1, 0.15) is 0 Å². The van der Waals surface area contributed by atoms with Gasteiger partial charge in [0.15, 0.2) is 0 Å². The van der Waals surface area contributed by atoms with E-state index in [1.165, 1.54) is 30.5 Å². The third-order valence-corrected chi connectivity index (χ3v) is 3.28. The molecule has 24 heavy (non-hydrogen) atoms. The van der Waals surface area contributed by atoms with Gasteiger partial charge in [0, 0.05) is 0 Å². The molecule has 1 unspecified atom stereocenters. The Morgan fingerprint density at radius 1 is 1.29 bits per heavy atom. The quantitative estimate of drug-likeness (QED) is 0.798. The number of nitrogens with one attached hydrogen (secondary N) is 2. The number of aliphatic hydroxyl groups is 1. The van der Waals surface area contributed by atoms with Crippen LogP contribution in [0.5, 0.6) is 0 Å². The lowest BCUT2D eigenvalue weighted by Gasteiger charge is -2.21. The molecule has 0 aliphatic rings. The molecule has 2 amide bonds. The highest BCUT2D eigenvalue weighted by molar-refractivity contribution is 5.90. The molecular formula is C15H15F3N4O2. The number of anilines is 1. The molecule has 0 aliphatic heterocycles. The van der Waals surface area contributed by atoms with Crippen molar-refractivity contribution in [3.05, 3.63) is 53.3 Å². The summed E-state index contributed by atoms with van der Waals surface area (Å²) >= 11 is 0. The number of nitrogens with zero attached hydrogens (tertiary/aromatic N) is 2. The minimum absolute atomic E-state index is 0.216. The lowest BCUT2D eigenvalue weighted by Crippen LogP contribution is -2.35. The van der Waals surface area contributed by atoms with Crippen molar-refractivity contribution < 1.29 is 23.1 Å². The molecule has 1 heterocycles. The number of aryl methyl sites for hydroxylation is 1. The second-order valence-electron chi connectivity index (χ2n) is 4.95. The maximum Gasteiger partial charge on any atom is 0.416 e. The largest absolute Gasteiger partial charge is 0.416 e. The number of amides is 2. The van der Waals surface area contributed by atoms with Crippen molar-refractivity contribution in [2.75, 3.05) is 11.9 Å². The zero-order chi connectivity index (χ0) is 17.7. The van der Waals surface area contributed by atoms with Gasteiger partial charge in [0.25, 0.3) is 0 Å². The van der Waals surface area contributed by atoms with Crippen LogP contribution in [0.15, 0.2) is 36.5 Å². The van der Waals surface area contributed by atoms with E-state index in [0.717, 1.165) is 6.07 Å². The summed E-state index contributed by atoms with van der Waals surface area (Å²) in [6.45, 7) is 0.930. The van der Waals surface area contributed by atoms with Gasteiger partial charge in [-0.1, -0.05) is 18.2 Å². The van der Waals surface area contributed by atoms with E-state index in [4.69, 9.17) is 0 Å². The predicted molar refractivity (Wildman–Crippen MR) is 80.2 cm³/mol. The first kappa shape index (κ1) is 17.7. The van der Waals surface area contributed by atoms with E-state index in [1.807, 2.05) is 0 Å². The zero-order valence-electron chi connectivity index (χ0n) is 12.6. The summed E-state index contributed by atoms with van der Waals surface area (Å²) in [4.78, 5) is 12.0. The van der Waals surface area contributed by atoms with E-state index in [9.17, 15) is 23.1 Å². The summed E-state index contributed by atoms with van der Waals surface area (Å²) in [7, 11) is 0. The number of aromatic nitrogens is 2. The molecule has 0 saturated carbocycles. The van der Waals surface area contributed by atoms with Crippen molar-refractivity contribution in [3.8, 4) is 0 Å².